The standard InChI is InChI=1S/C22H26N2O2/c25-21(16-19-9-5-2-6-10-19)23-22(26)17-24-13-11-20(12-14-24)15-18-7-3-1-4-8-18/h1-10,20H,11-17H2,(H,23,25,26)/p+1. The van der Waals surface area contributed by atoms with Crippen molar-refractivity contribution in [3.05, 3.63) is 71.8 Å². The van der Waals surface area contributed by atoms with Crippen molar-refractivity contribution in [1.82, 2.24) is 5.32 Å². The van der Waals surface area contributed by atoms with E-state index in [0.29, 0.717) is 12.5 Å². The highest BCUT2D eigenvalue weighted by atomic mass is 16.2. The van der Waals surface area contributed by atoms with Gasteiger partial charge in [-0.15, -0.1) is 0 Å². The summed E-state index contributed by atoms with van der Waals surface area (Å²) in [5, 5.41) is 2.53. The molecule has 1 heterocycles. The molecule has 1 fully saturated rings. The molecule has 26 heavy (non-hydrogen) atoms. The van der Waals surface area contributed by atoms with Crippen LogP contribution in [-0.2, 0) is 22.4 Å². The van der Waals surface area contributed by atoms with Crippen LogP contribution in [-0.4, -0.2) is 31.4 Å². The fourth-order valence-electron chi connectivity index (χ4n) is 3.67. The van der Waals surface area contributed by atoms with Crippen molar-refractivity contribution in [1.29, 1.82) is 0 Å². The zero-order valence-electron chi connectivity index (χ0n) is 15.1. The number of quaternary nitrogens is 1. The molecule has 2 aromatic rings. The number of carbonyl (C=O) groups is 2. The molecule has 136 valence electrons. The predicted octanol–water partition coefficient (Wildman–Crippen LogP) is 1.41. The van der Waals surface area contributed by atoms with E-state index in [1.807, 2.05) is 36.4 Å². The highest BCUT2D eigenvalue weighted by Crippen LogP contribution is 2.16. The van der Waals surface area contributed by atoms with Gasteiger partial charge in [-0.2, -0.15) is 0 Å². The highest BCUT2D eigenvalue weighted by molar-refractivity contribution is 5.96. The Morgan fingerprint density at radius 2 is 1.42 bits per heavy atom. The van der Waals surface area contributed by atoms with Gasteiger partial charge in [0.15, 0.2) is 6.54 Å². The number of rotatable bonds is 6. The lowest BCUT2D eigenvalue weighted by Gasteiger charge is -2.28. The number of likely N-dealkylation sites (tertiary alicyclic amines) is 1. The summed E-state index contributed by atoms with van der Waals surface area (Å²) < 4.78 is 0. The van der Waals surface area contributed by atoms with Crippen molar-refractivity contribution in [3.63, 3.8) is 0 Å². The Bertz CT molecular complexity index is 707. The molecule has 2 aromatic carbocycles. The average Bonchev–Trinajstić information content (AvgIpc) is 2.65. The van der Waals surface area contributed by atoms with E-state index >= 15 is 0 Å². The van der Waals surface area contributed by atoms with E-state index in [9.17, 15) is 9.59 Å². The van der Waals surface area contributed by atoms with Gasteiger partial charge in [-0.05, 0) is 36.3 Å². The summed E-state index contributed by atoms with van der Waals surface area (Å²) in [6, 6.07) is 20.1. The molecule has 0 aliphatic carbocycles. The number of benzene rings is 2. The Morgan fingerprint density at radius 1 is 0.846 bits per heavy atom. The van der Waals surface area contributed by atoms with E-state index in [1.54, 1.807) is 0 Å². The molecule has 0 radical (unpaired) electrons. The molecule has 0 saturated carbocycles. The number of carbonyl (C=O) groups excluding carboxylic acids is 2. The first kappa shape index (κ1) is 18.3. The molecule has 4 heteroatoms. The Hall–Kier alpha value is -2.46. The van der Waals surface area contributed by atoms with Crippen molar-refractivity contribution in [3.8, 4) is 0 Å². The highest BCUT2D eigenvalue weighted by Gasteiger charge is 2.24. The molecule has 0 atom stereocenters. The van der Waals surface area contributed by atoms with Crippen molar-refractivity contribution < 1.29 is 14.5 Å². The zero-order chi connectivity index (χ0) is 18.2. The molecule has 0 bridgehead atoms. The molecule has 0 aromatic heterocycles. The molecule has 3 rings (SSSR count). The topological polar surface area (TPSA) is 50.6 Å². The van der Waals surface area contributed by atoms with Crippen LogP contribution in [0.5, 0.6) is 0 Å². The molecule has 2 N–H and O–H groups in total. The van der Waals surface area contributed by atoms with Crippen molar-refractivity contribution in [2.24, 2.45) is 5.92 Å². The van der Waals surface area contributed by atoms with Gasteiger partial charge in [0.25, 0.3) is 5.91 Å². The molecule has 1 saturated heterocycles. The van der Waals surface area contributed by atoms with Gasteiger partial charge in [0.05, 0.1) is 19.5 Å². The molecule has 0 unspecified atom stereocenters. The number of piperidine rings is 1. The zero-order valence-corrected chi connectivity index (χ0v) is 15.1. The molecular formula is C22H27N2O2+. The van der Waals surface area contributed by atoms with E-state index in [-0.39, 0.29) is 18.2 Å². The van der Waals surface area contributed by atoms with Crippen LogP contribution in [0.3, 0.4) is 0 Å². The summed E-state index contributed by atoms with van der Waals surface area (Å²) in [6.45, 7) is 2.38. The smallest absolute Gasteiger partial charge is 0.281 e. The van der Waals surface area contributed by atoms with E-state index in [1.165, 1.54) is 10.5 Å². The fraction of sp³-hybridized carbons (Fsp3) is 0.364. The number of hydrogen-bond donors (Lipinski definition) is 2. The number of nitrogens with one attached hydrogen (secondary N) is 2. The van der Waals surface area contributed by atoms with Crippen LogP contribution in [0.1, 0.15) is 24.0 Å². The lowest BCUT2D eigenvalue weighted by atomic mass is 9.90. The normalized spacial score (nSPS) is 19.7. The van der Waals surface area contributed by atoms with Gasteiger partial charge < -0.3 is 4.90 Å². The maximum Gasteiger partial charge on any atom is 0.281 e. The van der Waals surface area contributed by atoms with E-state index in [2.05, 4.69) is 29.6 Å². The van der Waals surface area contributed by atoms with Crippen LogP contribution in [0.15, 0.2) is 60.7 Å². The van der Waals surface area contributed by atoms with Crippen molar-refractivity contribution >= 4 is 11.8 Å². The Balaban J connectivity index is 1.37. The van der Waals surface area contributed by atoms with Crippen molar-refractivity contribution in [2.45, 2.75) is 25.7 Å². The van der Waals surface area contributed by atoms with E-state index in [0.717, 1.165) is 37.9 Å². The van der Waals surface area contributed by atoms with Crippen LogP contribution in [0, 0.1) is 5.92 Å². The first-order valence-electron chi connectivity index (χ1n) is 9.43. The van der Waals surface area contributed by atoms with Crippen LogP contribution in [0.25, 0.3) is 0 Å². The lowest BCUT2D eigenvalue weighted by molar-refractivity contribution is -0.898. The fourth-order valence-corrected chi connectivity index (χ4v) is 3.67. The number of hydrogen-bond acceptors (Lipinski definition) is 2. The van der Waals surface area contributed by atoms with Gasteiger partial charge in [-0.1, -0.05) is 60.7 Å². The minimum absolute atomic E-state index is 0.164. The predicted molar refractivity (Wildman–Crippen MR) is 102 cm³/mol. The third kappa shape index (κ3) is 5.81. The van der Waals surface area contributed by atoms with Gasteiger partial charge in [0, 0.05) is 0 Å². The largest absolute Gasteiger partial charge is 0.327 e. The summed E-state index contributed by atoms with van der Waals surface area (Å²) in [6.07, 6.45) is 3.64. The third-order valence-corrected chi connectivity index (χ3v) is 5.08. The Morgan fingerprint density at radius 3 is 2.04 bits per heavy atom. The average molecular weight is 351 g/mol. The van der Waals surface area contributed by atoms with E-state index < -0.39 is 0 Å². The lowest BCUT2D eigenvalue weighted by Crippen LogP contribution is -3.14. The van der Waals surface area contributed by atoms with Gasteiger partial charge in [-0.25, -0.2) is 0 Å². The summed E-state index contributed by atoms with van der Waals surface area (Å²) in [7, 11) is 0. The maximum atomic E-state index is 12.1. The van der Waals surface area contributed by atoms with Crippen LogP contribution in [0.2, 0.25) is 0 Å². The second-order valence-electron chi connectivity index (χ2n) is 7.19. The molecule has 4 nitrogen and oxygen atoms in total. The van der Waals surface area contributed by atoms with Crippen molar-refractivity contribution in [2.75, 3.05) is 19.6 Å². The minimum Gasteiger partial charge on any atom is -0.327 e. The Labute approximate surface area is 155 Å². The van der Waals surface area contributed by atoms with Gasteiger partial charge in [0.2, 0.25) is 5.91 Å². The molecule has 0 spiro atoms. The van der Waals surface area contributed by atoms with Gasteiger partial charge in [-0.3, -0.25) is 14.9 Å². The van der Waals surface area contributed by atoms with E-state index in [4.69, 9.17) is 0 Å². The molecule has 1 aliphatic heterocycles. The molecule has 1 aliphatic rings. The quantitative estimate of drug-likeness (QED) is 0.827. The number of imide groups is 1. The van der Waals surface area contributed by atoms with Crippen LogP contribution >= 0.6 is 0 Å². The first-order chi connectivity index (χ1) is 12.7. The van der Waals surface area contributed by atoms with Crippen LogP contribution < -0.4 is 10.2 Å². The Kier molecular flexibility index (Phi) is 6.56. The molecule has 2 amide bonds. The first-order valence-corrected chi connectivity index (χ1v) is 9.43. The summed E-state index contributed by atoms with van der Waals surface area (Å²) in [4.78, 5) is 25.4. The second kappa shape index (κ2) is 9.30. The maximum absolute atomic E-state index is 12.1. The molecular weight excluding hydrogens is 324 g/mol. The summed E-state index contributed by atoms with van der Waals surface area (Å²) in [5.41, 5.74) is 2.32. The van der Waals surface area contributed by atoms with Crippen LogP contribution in [0.4, 0.5) is 0 Å². The number of amides is 2. The summed E-state index contributed by atoms with van der Waals surface area (Å²) in [5.74, 6) is 0.311. The second-order valence-corrected chi connectivity index (χ2v) is 7.19. The van der Waals surface area contributed by atoms with Gasteiger partial charge >= 0.3 is 0 Å². The minimum atomic E-state index is -0.223. The third-order valence-electron chi connectivity index (χ3n) is 5.08. The SMILES string of the molecule is O=C(Cc1ccccc1)NC(=O)C[NH+]1CCC(Cc2ccccc2)CC1. The van der Waals surface area contributed by atoms with Gasteiger partial charge in [0.1, 0.15) is 0 Å². The monoisotopic (exact) mass is 351 g/mol. The summed E-state index contributed by atoms with van der Waals surface area (Å²) >= 11 is 0.